The molecule has 3 unspecified atom stereocenters. The Morgan fingerprint density at radius 3 is 1.03 bits per heavy atom. The topological polar surface area (TPSA) is 36.1 Å². The van der Waals surface area contributed by atoms with Crippen molar-refractivity contribution in [3.63, 3.8) is 0 Å². The van der Waals surface area contributed by atoms with Gasteiger partial charge in [-0.2, -0.15) is 0 Å². The van der Waals surface area contributed by atoms with Crippen molar-refractivity contribution in [2.45, 2.75) is 119 Å². The summed E-state index contributed by atoms with van der Waals surface area (Å²) in [5.41, 5.74) is 0. The third kappa shape index (κ3) is 15.0. The van der Waals surface area contributed by atoms with E-state index < -0.39 is 6.49 Å². The van der Waals surface area contributed by atoms with Crippen molar-refractivity contribution in [2.24, 2.45) is 17.8 Å². The smallest absolute Gasteiger partial charge is 0.137 e. The van der Waals surface area contributed by atoms with Crippen LogP contribution in [0, 0.1) is 17.8 Å². The van der Waals surface area contributed by atoms with Crippen LogP contribution in [0.5, 0.6) is 0 Å². The Morgan fingerprint density at radius 1 is 0.552 bits per heavy atom. The summed E-state index contributed by atoms with van der Waals surface area (Å²) in [6, 6.07) is 0. The zero-order chi connectivity index (χ0) is 22.0. The van der Waals surface area contributed by atoms with E-state index in [2.05, 4.69) is 56.8 Å². The van der Waals surface area contributed by atoms with Crippen molar-refractivity contribution < 1.29 is 0 Å². The van der Waals surface area contributed by atoms with E-state index >= 15 is 0 Å². The van der Waals surface area contributed by atoms with Gasteiger partial charge in [0.2, 0.25) is 0 Å². The van der Waals surface area contributed by atoms with Crippen LogP contribution in [0.25, 0.3) is 0 Å². The maximum Gasteiger partial charge on any atom is 0.137 e. The van der Waals surface area contributed by atoms with E-state index in [1.54, 1.807) is 0 Å². The highest BCUT2D eigenvalue weighted by Gasteiger charge is 2.20. The van der Waals surface area contributed by atoms with Crippen molar-refractivity contribution >= 4 is 18.3 Å². The quantitative estimate of drug-likeness (QED) is 0.158. The van der Waals surface area contributed by atoms with Crippen LogP contribution in [0.3, 0.4) is 0 Å². The van der Waals surface area contributed by atoms with Gasteiger partial charge in [0.15, 0.2) is 0 Å². The van der Waals surface area contributed by atoms with Crippen molar-refractivity contribution in [3.8, 4) is 0 Å². The first-order chi connectivity index (χ1) is 14.0. The zero-order valence-electron chi connectivity index (χ0n) is 20.7. The lowest BCUT2D eigenvalue weighted by molar-refractivity contribution is 0.431. The van der Waals surface area contributed by atoms with E-state index in [1.807, 2.05) is 0 Å². The van der Waals surface area contributed by atoms with Crippen LogP contribution < -0.4 is 15.3 Å². The summed E-state index contributed by atoms with van der Waals surface area (Å²) in [4.78, 5) is 0. The summed E-state index contributed by atoms with van der Waals surface area (Å²) in [7, 11) is 0. The van der Waals surface area contributed by atoms with E-state index in [0.29, 0.717) is 0 Å². The predicted octanol–water partition coefficient (Wildman–Crippen LogP) is 7.63. The molecule has 0 aliphatic rings. The van der Waals surface area contributed by atoms with Gasteiger partial charge in [-0.3, -0.25) is 15.3 Å². The predicted molar refractivity (Wildman–Crippen MR) is 138 cm³/mol. The van der Waals surface area contributed by atoms with Crippen LogP contribution in [0.2, 0.25) is 0 Å². The van der Waals surface area contributed by atoms with Gasteiger partial charge in [0, 0.05) is 19.6 Å². The average Bonchev–Trinajstić information content (AvgIpc) is 2.74. The van der Waals surface area contributed by atoms with Crippen molar-refractivity contribution in [2.75, 3.05) is 19.6 Å². The first-order valence-electron chi connectivity index (χ1n) is 12.8. The second-order valence-corrected chi connectivity index (χ2v) is 12.8. The second kappa shape index (κ2) is 19.2. The normalized spacial score (nSPS) is 17.0. The summed E-state index contributed by atoms with van der Waals surface area (Å²) < 4.78 is 0. The standard InChI is InChI=1S/C24H54N3PS/c1-7-13-16-22(10-4)19-25-28(29,26-20-23(11-5)17-14-8-2)27-21-24(12-6)18-15-9-3/h22-24H,7-21H2,1-6H3,(H3,25,26,27,29). The highest BCUT2D eigenvalue weighted by Crippen LogP contribution is 2.33. The molecule has 0 saturated heterocycles. The molecule has 0 aromatic heterocycles. The number of nitrogens with one attached hydrogen (secondary N) is 3. The minimum atomic E-state index is -1.93. The Balaban J connectivity index is 4.91. The maximum absolute atomic E-state index is 6.22. The van der Waals surface area contributed by atoms with E-state index in [1.165, 1.54) is 77.0 Å². The number of hydrogen-bond donors (Lipinski definition) is 3. The van der Waals surface area contributed by atoms with E-state index in [-0.39, 0.29) is 0 Å². The van der Waals surface area contributed by atoms with E-state index in [4.69, 9.17) is 11.8 Å². The second-order valence-electron chi connectivity index (χ2n) is 8.95. The molecule has 0 amide bonds. The molecule has 0 aliphatic heterocycles. The molecule has 0 spiro atoms. The highest BCUT2D eigenvalue weighted by atomic mass is 32.4. The van der Waals surface area contributed by atoms with Gasteiger partial charge in [-0.15, -0.1) is 0 Å². The minimum Gasteiger partial charge on any atom is -0.265 e. The Kier molecular flexibility index (Phi) is 19.6. The molecule has 0 aliphatic carbocycles. The Hall–Kier alpha value is 0.530. The molecule has 0 aromatic rings. The molecule has 0 fully saturated rings. The van der Waals surface area contributed by atoms with Crippen LogP contribution in [0.15, 0.2) is 0 Å². The van der Waals surface area contributed by atoms with E-state index in [9.17, 15) is 0 Å². The molecule has 0 aromatic carbocycles. The van der Waals surface area contributed by atoms with Gasteiger partial charge >= 0.3 is 0 Å². The molecule has 3 N–H and O–H groups in total. The molecule has 0 radical (unpaired) electrons. The Bertz CT molecular complexity index is 349. The summed E-state index contributed by atoms with van der Waals surface area (Å²) in [6.07, 6.45) is 15.5. The zero-order valence-corrected chi connectivity index (χ0v) is 22.4. The molecule has 0 rings (SSSR count). The third-order valence-electron chi connectivity index (χ3n) is 6.44. The number of hydrogen-bond acceptors (Lipinski definition) is 1. The average molecular weight is 448 g/mol. The lowest BCUT2D eigenvalue weighted by Gasteiger charge is -2.31. The summed E-state index contributed by atoms with van der Waals surface area (Å²) in [6.45, 7) is 15.0. The summed E-state index contributed by atoms with van der Waals surface area (Å²) in [5.74, 6) is 2.22. The van der Waals surface area contributed by atoms with Gasteiger partial charge in [0.1, 0.15) is 6.49 Å². The molecular formula is C24H54N3PS. The lowest BCUT2D eigenvalue weighted by atomic mass is 10.00. The fourth-order valence-electron chi connectivity index (χ4n) is 3.77. The first-order valence-corrected chi connectivity index (χ1v) is 15.6. The Morgan fingerprint density at radius 2 is 0.828 bits per heavy atom. The monoisotopic (exact) mass is 447 g/mol. The van der Waals surface area contributed by atoms with Crippen LogP contribution >= 0.6 is 6.49 Å². The van der Waals surface area contributed by atoms with Crippen molar-refractivity contribution in [1.29, 1.82) is 0 Å². The molecular weight excluding hydrogens is 393 g/mol. The molecule has 176 valence electrons. The van der Waals surface area contributed by atoms with Gasteiger partial charge in [0.25, 0.3) is 0 Å². The van der Waals surface area contributed by atoms with E-state index in [0.717, 1.165) is 37.4 Å². The van der Waals surface area contributed by atoms with Crippen LogP contribution in [-0.4, -0.2) is 19.6 Å². The number of rotatable bonds is 21. The molecule has 0 bridgehead atoms. The fourth-order valence-corrected chi connectivity index (χ4v) is 6.32. The summed E-state index contributed by atoms with van der Waals surface area (Å²) in [5, 5.41) is 11.5. The van der Waals surface area contributed by atoms with Crippen LogP contribution in [-0.2, 0) is 11.8 Å². The minimum absolute atomic E-state index is 0.741. The molecule has 0 saturated carbocycles. The van der Waals surface area contributed by atoms with Gasteiger partial charge < -0.3 is 0 Å². The molecule has 0 heterocycles. The first kappa shape index (κ1) is 29.5. The highest BCUT2D eigenvalue weighted by molar-refractivity contribution is 8.11. The molecule has 3 nitrogen and oxygen atoms in total. The molecule has 5 heteroatoms. The molecule has 29 heavy (non-hydrogen) atoms. The third-order valence-corrected chi connectivity index (χ3v) is 9.48. The van der Waals surface area contributed by atoms with Gasteiger partial charge in [-0.1, -0.05) is 99.3 Å². The Labute approximate surface area is 189 Å². The fraction of sp³-hybridized carbons (Fsp3) is 1.00. The molecule has 3 atom stereocenters. The van der Waals surface area contributed by atoms with Gasteiger partial charge in [0.05, 0.1) is 0 Å². The number of unbranched alkanes of at least 4 members (excludes halogenated alkanes) is 3. The maximum atomic E-state index is 6.22. The summed E-state index contributed by atoms with van der Waals surface area (Å²) >= 11 is 6.22. The van der Waals surface area contributed by atoms with Crippen LogP contribution in [0.4, 0.5) is 0 Å². The SMILES string of the molecule is CCCCC(CC)CNP(=S)(NCC(CC)CCCC)NCC(CC)CCCC. The largest absolute Gasteiger partial charge is 0.265 e. The van der Waals surface area contributed by atoms with Gasteiger partial charge in [-0.05, 0) is 48.8 Å². The van der Waals surface area contributed by atoms with Crippen molar-refractivity contribution in [1.82, 2.24) is 15.3 Å². The van der Waals surface area contributed by atoms with Gasteiger partial charge in [-0.25, -0.2) is 0 Å². The van der Waals surface area contributed by atoms with Crippen LogP contribution in [0.1, 0.15) is 119 Å². The lowest BCUT2D eigenvalue weighted by Crippen LogP contribution is -2.38. The van der Waals surface area contributed by atoms with Crippen molar-refractivity contribution in [3.05, 3.63) is 0 Å².